The van der Waals surface area contributed by atoms with Gasteiger partial charge < -0.3 is 10.0 Å². The standard InChI is InChI=1S/C15H29NO/c1-12-7-9-15(10-8-12,16(2)3)14(17)11-13-5-4-6-13/h12-14,17H,4-11H2,1-3H3. The zero-order valence-electron chi connectivity index (χ0n) is 11.8. The van der Waals surface area contributed by atoms with Crippen LogP contribution < -0.4 is 0 Å². The summed E-state index contributed by atoms with van der Waals surface area (Å²) in [6.45, 7) is 2.35. The quantitative estimate of drug-likeness (QED) is 0.815. The first-order valence-electron chi connectivity index (χ1n) is 7.40. The van der Waals surface area contributed by atoms with Crippen LogP contribution in [0.25, 0.3) is 0 Å². The maximum Gasteiger partial charge on any atom is 0.0726 e. The Kier molecular flexibility index (Phi) is 4.14. The second-order valence-corrected chi connectivity index (χ2v) is 6.73. The summed E-state index contributed by atoms with van der Waals surface area (Å²) in [7, 11) is 4.31. The lowest BCUT2D eigenvalue weighted by Crippen LogP contribution is -2.56. The molecule has 2 rings (SSSR count). The zero-order valence-corrected chi connectivity index (χ0v) is 11.8. The van der Waals surface area contributed by atoms with Crippen molar-refractivity contribution in [3.05, 3.63) is 0 Å². The van der Waals surface area contributed by atoms with Crippen LogP contribution in [0.1, 0.15) is 58.3 Å². The predicted octanol–water partition coefficient (Wildman–Crippen LogP) is 3.05. The van der Waals surface area contributed by atoms with Crippen LogP contribution in [-0.2, 0) is 0 Å². The van der Waals surface area contributed by atoms with Crippen LogP contribution in [0.2, 0.25) is 0 Å². The molecule has 2 aliphatic rings. The van der Waals surface area contributed by atoms with Crippen molar-refractivity contribution < 1.29 is 5.11 Å². The van der Waals surface area contributed by atoms with Gasteiger partial charge in [0.25, 0.3) is 0 Å². The average molecular weight is 239 g/mol. The average Bonchev–Trinajstić information content (AvgIpc) is 2.24. The first-order chi connectivity index (χ1) is 8.04. The largest absolute Gasteiger partial charge is 0.391 e. The minimum Gasteiger partial charge on any atom is -0.391 e. The Morgan fingerprint density at radius 1 is 1.18 bits per heavy atom. The maximum absolute atomic E-state index is 10.7. The van der Waals surface area contributed by atoms with E-state index in [0.717, 1.165) is 18.3 Å². The van der Waals surface area contributed by atoms with E-state index in [0.29, 0.717) is 0 Å². The lowest BCUT2D eigenvalue weighted by atomic mass is 9.69. The Morgan fingerprint density at radius 3 is 2.18 bits per heavy atom. The fourth-order valence-corrected chi connectivity index (χ4v) is 3.60. The van der Waals surface area contributed by atoms with Crippen molar-refractivity contribution >= 4 is 0 Å². The highest BCUT2D eigenvalue weighted by Crippen LogP contribution is 2.41. The summed E-state index contributed by atoms with van der Waals surface area (Å²) in [5, 5.41) is 10.7. The van der Waals surface area contributed by atoms with Crippen LogP contribution in [0.3, 0.4) is 0 Å². The topological polar surface area (TPSA) is 23.5 Å². The summed E-state index contributed by atoms with van der Waals surface area (Å²) in [6.07, 6.45) is 9.89. The summed E-state index contributed by atoms with van der Waals surface area (Å²) >= 11 is 0. The second kappa shape index (κ2) is 5.27. The zero-order chi connectivity index (χ0) is 12.5. The normalized spacial score (nSPS) is 36.9. The van der Waals surface area contributed by atoms with Crippen molar-refractivity contribution in [2.75, 3.05) is 14.1 Å². The van der Waals surface area contributed by atoms with Crippen molar-refractivity contribution in [2.45, 2.75) is 69.9 Å². The van der Waals surface area contributed by atoms with Gasteiger partial charge in [-0.25, -0.2) is 0 Å². The molecule has 0 amide bonds. The molecule has 0 heterocycles. The van der Waals surface area contributed by atoms with Crippen LogP contribution in [-0.4, -0.2) is 35.7 Å². The summed E-state index contributed by atoms with van der Waals surface area (Å²) < 4.78 is 0. The highest BCUT2D eigenvalue weighted by molar-refractivity contribution is 4.99. The molecule has 1 unspecified atom stereocenters. The summed E-state index contributed by atoms with van der Waals surface area (Å²) in [6, 6.07) is 0. The maximum atomic E-state index is 10.7. The van der Waals surface area contributed by atoms with Gasteiger partial charge in [0.15, 0.2) is 0 Å². The van der Waals surface area contributed by atoms with Crippen LogP contribution in [0.15, 0.2) is 0 Å². The van der Waals surface area contributed by atoms with Crippen LogP contribution in [0, 0.1) is 11.8 Å². The molecule has 0 saturated heterocycles. The molecule has 0 spiro atoms. The molecular weight excluding hydrogens is 210 g/mol. The molecule has 0 aromatic rings. The molecule has 0 bridgehead atoms. The number of hydrogen-bond acceptors (Lipinski definition) is 2. The van der Waals surface area contributed by atoms with E-state index < -0.39 is 0 Å². The van der Waals surface area contributed by atoms with E-state index in [1.807, 2.05) is 0 Å². The molecule has 2 aliphatic carbocycles. The number of hydrogen-bond donors (Lipinski definition) is 1. The summed E-state index contributed by atoms with van der Waals surface area (Å²) in [5.74, 6) is 1.65. The van der Waals surface area contributed by atoms with Crippen LogP contribution in [0.5, 0.6) is 0 Å². The fourth-order valence-electron chi connectivity index (χ4n) is 3.60. The van der Waals surface area contributed by atoms with Gasteiger partial charge in [0.1, 0.15) is 0 Å². The summed E-state index contributed by atoms with van der Waals surface area (Å²) in [5.41, 5.74) is 0.0715. The van der Waals surface area contributed by atoms with E-state index in [9.17, 15) is 5.11 Å². The molecule has 0 aromatic carbocycles. The SMILES string of the molecule is CC1CCC(C(O)CC2CCC2)(N(C)C)CC1. The third-order valence-electron chi connectivity index (χ3n) is 5.43. The van der Waals surface area contributed by atoms with Gasteiger partial charge in [-0.1, -0.05) is 26.2 Å². The van der Waals surface area contributed by atoms with Gasteiger partial charge in [0.2, 0.25) is 0 Å². The molecule has 2 saturated carbocycles. The molecule has 0 aliphatic heterocycles. The highest BCUT2D eigenvalue weighted by atomic mass is 16.3. The van der Waals surface area contributed by atoms with E-state index in [2.05, 4.69) is 25.9 Å². The number of aliphatic hydroxyl groups excluding tert-OH is 1. The van der Waals surface area contributed by atoms with E-state index in [4.69, 9.17) is 0 Å². The molecule has 2 nitrogen and oxygen atoms in total. The van der Waals surface area contributed by atoms with Gasteiger partial charge in [-0.3, -0.25) is 0 Å². The Bertz CT molecular complexity index is 239. The third kappa shape index (κ3) is 2.68. The Hall–Kier alpha value is -0.0800. The van der Waals surface area contributed by atoms with Crippen molar-refractivity contribution in [2.24, 2.45) is 11.8 Å². The smallest absolute Gasteiger partial charge is 0.0726 e. The molecule has 2 heteroatoms. The summed E-state index contributed by atoms with van der Waals surface area (Å²) in [4.78, 5) is 2.31. The minimum absolute atomic E-state index is 0.0715. The van der Waals surface area contributed by atoms with E-state index in [1.165, 1.54) is 44.9 Å². The Morgan fingerprint density at radius 2 is 1.76 bits per heavy atom. The molecule has 17 heavy (non-hydrogen) atoms. The Labute approximate surface area is 106 Å². The molecule has 0 aromatic heterocycles. The van der Waals surface area contributed by atoms with Gasteiger partial charge in [-0.05, 0) is 58.0 Å². The van der Waals surface area contributed by atoms with E-state index in [-0.39, 0.29) is 11.6 Å². The first kappa shape index (κ1) is 13.4. The molecule has 100 valence electrons. The number of aliphatic hydroxyl groups is 1. The fraction of sp³-hybridized carbons (Fsp3) is 1.00. The van der Waals surface area contributed by atoms with Crippen molar-refractivity contribution in [1.29, 1.82) is 0 Å². The second-order valence-electron chi connectivity index (χ2n) is 6.73. The molecular formula is C15H29NO. The van der Waals surface area contributed by atoms with Crippen LogP contribution in [0.4, 0.5) is 0 Å². The minimum atomic E-state index is -0.115. The molecule has 1 atom stereocenters. The third-order valence-corrected chi connectivity index (χ3v) is 5.43. The van der Waals surface area contributed by atoms with Crippen LogP contribution >= 0.6 is 0 Å². The molecule has 0 radical (unpaired) electrons. The van der Waals surface area contributed by atoms with Gasteiger partial charge >= 0.3 is 0 Å². The van der Waals surface area contributed by atoms with Gasteiger partial charge in [0, 0.05) is 5.54 Å². The van der Waals surface area contributed by atoms with Gasteiger partial charge in [0.05, 0.1) is 6.10 Å². The van der Waals surface area contributed by atoms with Crippen molar-refractivity contribution in [1.82, 2.24) is 4.90 Å². The lowest BCUT2D eigenvalue weighted by molar-refractivity contribution is -0.0543. The first-order valence-corrected chi connectivity index (χ1v) is 7.40. The van der Waals surface area contributed by atoms with Crippen molar-refractivity contribution in [3.8, 4) is 0 Å². The molecule has 2 fully saturated rings. The predicted molar refractivity (Wildman–Crippen MR) is 72.0 cm³/mol. The monoisotopic (exact) mass is 239 g/mol. The van der Waals surface area contributed by atoms with Gasteiger partial charge in [-0.15, -0.1) is 0 Å². The van der Waals surface area contributed by atoms with E-state index >= 15 is 0 Å². The number of likely N-dealkylation sites (N-methyl/N-ethyl adjacent to an activating group) is 1. The number of rotatable bonds is 4. The Balaban J connectivity index is 1.99. The number of nitrogens with zero attached hydrogens (tertiary/aromatic N) is 1. The van der Waals surface area contributed by atoms with Gasteiger partial charge in [-0.2, -0.15) is 0 Å². The molecule has 1 N–H and O–H groups in total. The van der Waals surface area contributed by atoms with Crippen molar-refractivity contribution in [3.63, 3.8) is 0 Å². The highest BCUT2D eigenvalue weighted by Gasteiger charge is 2.43. The van der Waals surface area contributed by atoms with E-state index in [1.54, 1.807) is 0 Å². The lowest BCUT2D eigenvalue weighted by Gasteiger charge is -2.49.